The Balaban J connectivity index is 2.90. The number of carbonyl (C=O) groups excluding carboxylic acids is 1. The molecular weight excluding hydrogens is 214 g/mol. The third-order valence-corrected chi connectivity index (χ3v) is 2.53. The summed E-state index contributed by atoms with van der Waals surface area (Å²) < 4.78 is 5.04. The van der Waals surface area contributed by atoms with Crippen LogP contribution in [-0.4, -0.2) is 12.6 Å². The molecule has 0 aromatic heterocycles. The zero-order valence-corrected chi connectivity index (χ0v) is 10.0. The van der Waals surface area contributed by atoms with Crippen LogP contribution in [0, 0.1) is 11.3 Å². The van der Waals surface area contributed by atoms with E-state index in [1.54, 1.807) is 43.3 Å². The average molecular weight is 229 g/mol. The standard InChI is InChI=1S/C14H15NO2/c1-3-4-10-17-13(16)14(2,11-15)12-8-6-5-7-9-12/h3-9H,10H2,1-2H3/b4-3+. The van der Waals surface area contributed by atoms with Crippen molar-refractivity contribution in [2.75, 3.05) is 6.61 Å². The first-order valence-corrected chi connectivity index (χ1v) is 5.40. The van der Waals surface area contributed by atoms with Gasteiger partial charge in [-0.15, -0.1) is 0 Å². The van der Waals surface area contributed by atoms with Crippen LogP contribution in [0.4, 0.5) is 0 Å². The highest BCUT2D eigenvalue weighted by atomic mass is 16.5. The van der Waals surface area contributed by atoms with E-state index in [1.165, 1.54) is 0 Å². The van der Waals surface area contributed by atoms with E-state index in [0.29, 0.717) is 5.56 Å². The van der Waals surface area contributed by atoms with Crippen molar-refractivity contribution in [1.29, 1.82) is 5.26 Å². The van der Waals surface area contributed by atoms with Crippen LogP contribution in [0.15, 0.2) is 42.5 Å². The van der Waals surface area contributed by atoms with E-state index in [2.05, 4.69) is 0 Å². The molecule has 0 aliphatic heterocycles. The average Bonchev–Trinajstić information content (AvgIpc) is 2.39. The fourth-order valence-electron chi connectivity index (χ4n) is 1.36. The highest BCUT2D eigenvalue weighted by Crippen LogP contribution is 2.24. The zero-order chi connectivity index (χ0) is 12.7. The Morgan fingerprint density at radius 3 is 2.65 bits per heavy atom. The van der Waals surface area contributed by atoms with Gasteiger partial charge in [0.25, 0.3) is 0 Å². The highest BCUT2D eigenvalue weighted by Gasteiger charge is 2.36. The molecule has 1 aromatic rings. The third kappa shape index (κ3) is 2.94. The first-order valence-electron chi connectivity index (χ1n) is 5.40. The van der Waals surface area contributed by atoms with Gasteiger partial charge in [0.1, 0.15) is 6.61 Å². The molecule has 0 aliphatic carbocycles. The Labute approximate surface area is 101 Å². The number of allylic oxidation sites excluding steroid dienone is 1. The van der Waals surface area contributed by atoms with Gasteiger partial charge in [-0.1, -0.05) is 42.5 Å². The summed E-state index contributed by atoms with van der Waals surface area (Å²) in [5.74, 6) is -0.524. The van der Waals surface area contributed by atoms with Gasteiger partial charge >= 0.3 is 5.97 Å². The fraction of sp³-hybridized carbons (Fsp3) is 0.286. The quantitative estimate of drug-likeness (QED) is 0.589. The van der Waals surface area contributed by atoms with Crippen LogP contribution in [0.2, 0.25) is 0 Å². The van der Waals surface area contributed by atoms with Crippen molar-refractivity contribution in [3.63, 3.8) is 0 Å². The highest BCUT2D eigenvalue weighted by molar-refractivity contribution is 5.86. The molecule has 0 bridgehead atoms. The van der Waals surface area contributed by atoms with Gasteiger partial charge in [0, 0.05) is 0 Å². The minimum absolute atomic E-state index is 0.194. The van der Waals surface area contributed by atoms with Crippen molar-refractivity contribution < 1.29 is 9.53 Å². The summed E-state index contributed by atoms with van der Waals surface area (Å²) >= 11 is 0. The molecule has 0 saturated heterocycles. The Hall–Kier alpha value is -2.08. The van der Waals surface area contributed by atoms with Crippen molar-refractivity contribution in [1.82, 2.24) is 0 Å². The Kier molecular flexibility index (Phi) is 4.47. The maximum absolute atomic E-state index is 11.9. The van der Waals surface area contributed by atoms with E-state index in [4.69, 9.17) is 4.74 Å². The van der Waals surface area contributed by atoms with E-state index in [0.717, 1.165) is 0 Å². The second-order valence-corrected chi connectivity index (χ2v) is 3.77. The topological polar surface area (TPSA) is 50.1 Å². The molecule has 0 spiro atoms. The summed E-state index contributed by atoms with van der Waals surface area (Å²) in [6.45, 7) is 3.61. The molecule has 0 amide bonds. The molecule has 88 valence electrons. The summed E-state index contributed by atoms with van der Waals surface area (Å²) in [7, 11) is 0. The monoisotopic (exact) mass is 229 g/mol. The molecule has 0 heterocycles. The van der Waals surface area contributed by atoms with Crippen LogP contribution in [0.1, 0.15) is 19.4 Å². The van der Waals surface area contributed by atoms with Gasteiger partial charge in [-0.25, -0.2) is 4.79 Å². The van der Waals surface area contributed by atoms with Crippen LogP contribution < -0.4 is 0 Å². The molecule has 0 N–H and O–H groups in total. The lowest BCUT2D eigenvalue weighted by Gasteiger charge is -2.19. The summed E-state index contributed by atoms with van der Waals surface area (Å²) in [5.41, 5.74) is -0.601. The number of rotatable bonds is 4. The van der Waals surface area contributed by atoms with Crippen molar-refractivity contribution in [3.8, 4) is 6.07 Å². The number of hydrogen-bond donors (Lipinski definition) is 0. The molecule has 0 radical (unpaired) electrons. The molecule has 17 heavy (non-hydrogen) atoms. The number of nitrogens with zero attached hydrogens (tertiary/aromatic N) is 1. The molecule has 0 saturated carbocycles. The molecular formula is C14H15NO2. The van der Waals surface area contributed by atoms with E-state index < -0.39 is 11.4 Å². The second kappa shape index (κ2) is 5.86. The minimum atomic E-state index is -1.25. The van der Waals surface area contributed by atoms with Gasteiger partial charge < -0.3 is 4.74 Å². The second-order valence-electron chi connectivity index (χ2n) is 3.77. The van der Waals surface area contributed by atoms with Gasteiger partial charge in [-0.05, 0) is 19.4 Å². The fourth-order valence-corrected chi connectivity index (χ4v) is 1.36. The molecule has 0 aliphatic rings. The van der Waals surface area contributed by atoms with E-state index in [9.17, 15) is 10.1 Å². The van der Waals surface area contributed by atoms with Crippen LogP contribution >= 0.6 is 0 Å². The number of esters is 1. The first-order chi connectivity index (χ1) is 8.15. The van der Waals surface area contributed by atoms with Gasteiger partial charge in [-0.2, -0.15) is 5.26 Å². The number of nitriles is 1. The molecule has 1 rings (SSSR count). The normalized spacial score (nSPS) is 13.9. The molecule has 3 nitrogen and oxygen atoms in total. The van der Waals surface area contributed by atoms with Gasteiger partial charge in [0.2, 0.25) is 0 Å². The van der Waals surface area contributed by atoms with Crippen LogP contribution in [-0.2, 0) is 14.9 Å². The van der Waals surface area contributed by atoms with E-state index in [-0.39, 0.29) is 6.61 Å². The molecule has 1 atom stereocenters. The van der Waals surface area contributed by atoms with Crippen molar-refractivity contribution in [3.05, 3.63) is 48.0 Å². The minimum Gasteiger partial charge on any atom is -0.460 e. The van der Waals surface area contributed by atoms with Crippen LogP contribution in [0.3, 0.4) is 0 Å². The number of hydrogen-bond acceptors (Lipinski definition) is 3. The van der Waals surface area contributed by atoms with Gasteiger partial charge in [0.15, 0.2) is 5.41 Å². The SMILES string of the molecule is C/C=C/COC(=O)C(C)(C#N)c1ccccc1. The zero-order valence-electron chi connectivity index (χ0n) is 10.0. The van der Waals surface area contributed by atoms with Gasteiger partial charge in [0.05, 0.1) is 6.07 Å². The third-order valence-electron chi connectivity index (χ3n) is 2.53. The Morgan fingerprint density at radius 1 is 1.47 bits per heavy atom. The lowest BCUT2D eigenvalue weighted by molar-refractivity contribution is -0.146. The number of carbonyl (C=O) groups is 1. The largest absolute Gasteiger partial charge is 0.460 e. The van der Waals surface area contributed by atoms with Crippen LogP contribution in [0.25, 0.3) is 0 Å². The molecule has 1 unspecified atom stereocenters. The first kappa shape index (κ1) is 13.0. The van der Waals surface area contributed by atoms with Gasteiger partial charge in [-0.3, -0.25) is 0 Å². The summed E-state index contributed by atoms with van der Waals surface area (Å²) in [6, 6.07) is 11.0. The molecule has 1 aromatic carbocycles. The van der Waals surface area contributed by atoms with Crippen LogP contribution in [0.5, 0.6) is 0 Å². The molecule has 3 heteroatoms. The van der Waals surface area contributed by atoms with E-state index >= 15 is 0 Å². The Morgan fingerprint density at radius 2 is 2.12 bits per heavy atom. The lowest BCUT2D eigenvalue weighted by atomic mass is 9.84. The predicted octanol–water partition coefficient (Wildman–Crippen LogP) is 2.59. The summed E-state index contributed by atoms with van der Waals surface area (Å²) in [4.78, 5) is 11.9. The predicted molar refractivity (Wildman–Crippen MR) is 65.2 cm³/mol. The van der Waals surface area contributed by atoms with E-state index in [1.807, 2.05) is 19.1 Å². The van der Waals surface area contributed by atoms with Crippen molar-refractivity contribution in [2.45, 2.75) is 19.3 Å². The lowest BCUT2D eigenvalue weighted by Crippen LogP contribution is -2.32. The Bertz CT molecular complexity index is 445. The maximum Gasteiger partial charge on any atom is 0.331 e. The summed E-state index contributed by atoms with van der Waals surface area (Å²) in [6.07, 6.45) is 3.51. The van der Waals surface area contributed by atoms with Crippen molar-refractivity contribution >= 4 is 5.97 Å². The summed E-state index contributed by atoms with van der Waals surface area (Å²) in [5, 5.41) is 9.20. The van der Waals surface area contributed by atoms with Crippen molar-refractivity contribution in [2.24, 2.45) is 0 Å². The number of benzene rings is 1. The number of ether oxygens (including phenoxy) is 1. The smallest absolute Gasteiger partial charge is 0.331 e. The maximum atomic E-state index is 11.9. The molecule has 0 fully saturated rings.